The SMILES string of the molecule is CCC(CC)(CN)NC(=O)CN(C)S(=O)(=O)c1cccnc1. The molecule has 8 heteroatoms. The smallest absolute Gasteiger partial charge is 0.244 e. The molecular formula is C14H24N4O3S. The number of sulfonamides is 1. The molecule has 0 aliphatic rings. The number of rotatable bonds is 8. The fourth-order valence-corrected chi connectivity index (χ4v) is 3.16. The van der Waals surface area contributed by atoms with Crippen LogP contribution in [0.3, 0.4) is 0 Å². The van der Waals surface area contributed by atoms with E-state index in [0.717, 1.165) is 4.31 Å². The van der Waals surface area contributed by atoms with Gasteiger partial charge in [0.25, 0.3) is 0 Å². The molecule has 0 fully saturated rings. The lowest BCUT2D eigenvalue weighted by molar-refractivity contribution is -0.123. The molecular weight excluding hydrogens is 304 g/mol. The van der Waals surface area contributed by atoms with E-state index in [9.17, 15) is 13.2 Å². The molecule has 0 spiro atoms. The number of hydrogen-bond acceptors (Lipinski definition) is 5. The summed E-state index contributed by atoms with van der Waals surface area (Å²) in [6, 6.07) is 2.98. The molecule has 0 radical (unpaired) electrons. The molecule has 0 aliphatic heterocycles. The highest BCUT2D eigenvalue weighted by Gasteiger charge is 2.29. The quantitative estimate of drug-likeness (QED) is 0.716. The van der Waals surface area contributed by atoms with Crippen LogP contribution in [0.25, 0.3) is 0 Å². The third-order valence-electron chi connectivity index (χ3n) is 3.86. The molecule has 7 nitrogen and oxygen atoms in total. The number of likely N-dealkylation sites (N-methyl/N-ethyl adjacent to an activating group) is 1. The van der Waals surface area contributed by atoms with E-state index in [1.165, 1.54) is 31.6 Å². The maximum Gasteiger partial charge on any atom is 0.244 e. The molecule has 1 aromatic rings. The van der Waals surface area contributed by atoms with Crippen molar-refractivity contribution in [3.05, 3.63) is 24.5 Å². The van der Waals surface area contributed by atoms with Crippen molar-refractivity contribution in [1.29, 1.82) is 0 Å². The van der Waals surface area contributed by atoms with E-state index in [1.54, 1.807) is 0 Å². The molecule has 0 aliphatic carbocycles. The Labute approximate surface area is 132 Å². The molecule has 3 N–H and O–H groups in total. The highest BCUT2D eigenvalue weighted by atomic mass is 32.2. The average molecular weight is 328 g/mol. The number of amides is 1. The zero-order valence-corrected chi connectivity index (χ0v) is 14.1. The van der Waals surface area contributed by atoms with Gasteiger partial charge in [0, 0.05) is 26.0 Å². The van der Waals surface area contributed by atoms with Crippen LogP contribution in [0.5, 0.6) is 0 Å². The summed E-state index contributed by atoms with van der Waals surface area (Å²) in [7, 11) is -2.37. The zero-order chi connectivity index (χ0) is 16.8. The van der Waals surface area contributed by atoms with E-state index in [0.29, 0.717) is 19.4 Å². The van der Waals surface area contributed by atoms with E-state index in [2.05, 4.69) is 10.3 Å². The van der Waals surface area contributed by atoms with Crippen LogP contribution in [0.4, 0.5) is 0 Å². The van der Waals surface area contributed by atoms with Crippen molar-refractivity contribution in [2.45, 2.75) is 37.1 Å². The van der Waals surface area contributed by atoms with E-state index in [4.69, 9.17) is 5.73 Å². The summed E-state index contributed by atoms with van der Waals surface area (Å²) >= 11 is 0. The number of aromatic nitrogens is 1. The van der Waals surface area contributed by atoms with E-state index < -0.39 is 15.6 Å². The normalized spacial score (nSPS) is 12.4. The van der Waals surface area contributed by atoms with Crippen molar-refractivity contribution in [2.75, 3.05) is 20.1 Å². The summed E-state index contributed by atoms with van der Waals surface area (Å²) < 4.78 is 25.7. The van der Waals surface area contributed by atoms with Gasteiger partial charge >= 0.3 is 0 Å². The number of nitrogens with one attached hydrogen (secondary N) is 1. The second kappa shape index (κ2) is 7.66. The monoisotopic (exact) mass is 328 g/mol. The first-order valence-corrected chi connectivity index (χ1v) is 8.62. The predicted molar refractivity (Wildman–Crippen MR) is 84.6 cm³/mol. The number of nitrogens with two attached hydrogens (primary N) is 1. The highest BCUT2D eigenvalue weighted by Crippen LogP contribution is 2.15. The Morgan fingerprint density at radius 2 is 2.05 bits per heavy atom. The molecule has 1 rings (SSSR count). The molecule has 22 heavy (non-hydrogen) atoms. The Morgan fingerprint density at radius 1 is 1.41 bits per heavy atom. The summed E-state index contributed by atoms with van der Waals surface area (Å²) in [6.45, 7) is 3.92. The molecule has 1 amide bonds. The Hall–Kier alpha value is -1.51. The number of carbonyl (C=O) groups is 1. The lowest BCUT2D eigenvalue weighted by Crippen LogP contribution is -2.55. The molecule has 1 aromatic heterocycles. The molecule has 0 unspecified atom stereocenters. The van der Waals surface area contributed by atoms with Gasteiger partial charge in [-0.05, 0) is 25.0 Å². The largest absolute Gasteiger partial charge is 0.348 e. The number of hydrogen-bond donors (Lipinski definition) is 2. The minimum absolute atomic E-state index is 0.0568. The zero-order valence-electron chi connectivity index (χ0n) is 13.2. The number of nitrogens with zero attached hydrogens (tertiary/aromatic N) is 2. The number of pyridine rings is 1. The van der Waals surface area contributed by atoms with Crippen LogP contribution in [0.2, 0.25) is 0 Å². The maximum atomic E-state index is 12.3. The predicted octanol–water partition coefficient (Wildman–Crippen LogP) is 0.336. The van der Waals surface area contributed by atoms with Crippen LogP contribution >= 0.6 is 0 Å². The van der Waals surface area contributed by atoms with Gasteiger partial charge in [-0.1, -0.05) is 13.8 Å². The first-order chi connectivity index (χ1) is 10.3. The molecule has 0 atom stereocenters. The molecule has 0 saturated carbocycles. The molecule has 1 heterocycles. The second-order valence-corrected chi connectivity index (χ2v) is 7.23. The van der Waals surface area contributed by atoms with E-state index in [1.807, 2.05) is 13.8 Å². The molecule has 124 valence electrons. The lowest BCUT2D eigenvalue weighted by Gasteiger charge is -2.32. The van der Waals surface area contributed by atoms with Gasteiger partial charge in [0.05, 0.1) is 12.1 Å². The van der Waals surface area contributed by atoms with Gasteiger partial charge in [-0.2, -0.15) is 4.31 Å². The van der Waals surface area contributed by atoms with Crippen LogP contribution in [-0.2, 0) is 14.8 Å². The Morgan fingerprint density at radius 3 is 2.50 bits per heavy atom. The van der Waals surface area contributed by atoms with Gasteiger partial charge in [-0.15, -0.1) is 0 Å². The molecule has 0 bridgehead atoms. The third-order valence-corrected chi connectivity index (χ3v) is 5.64. The Bertz CT molecular complexity index is 577. The summed E-state index contributed by atoms with van der Waals surface area (Å²) in [5.41, 5.74) is 5.24. The summed E-state index contributed by atoms with van der Waals surface area (Å²) in [6.07, 6.45) is 4.12. The Kier molecular flexibility index (Phi) is 6.46. The minimum Gasteiger partial charge on any atom is -0.348 e. The molecule has 0 saturated heterocycles. The van der Waals surface area contributed by atoms with Crippen LogP contribution < -0.4 is 11.1 Å². The van der Waals surface area contributed by atoms with Crippen molar-refractivity contribution in [3.8, 4) is 0 Å². The van der Waals surface area contributed by atoms with Crippen LogP contribution in [-0.4, -0.2) is 49.3 Å². The van der Waals surface area contributed by atoms with Gasteiger partial charge < -0.3 is 11.1 Å². The van der Waals surface area contributed by atoms with Crippen molar-refractivity contribution < 1.29 is 13.2 Å². The third kappa shape index (κ3) is 4.25. The van der Waals surface area contributed by atoms with Crippen molar-refractivity contribution >= 4 is 15.9 Å². The van der Waals surface area contributed by atoms with Crippen molar-refractivity contribution in [2.24, 2.45) is 5.73 Å². The fourth-order valence-electron chi connectivity index (χ4n) is 2.07. The highest BCUT2D eigenvalue weighted by molar-refractivity contribution is 7.89. The topological polar surface area (TPSA) is 105 Å². The molecule has 0 aromatic carbocycles. The van der Waals surface area contributed by atoms with Crippen LogP contribution in [0, 0.1) is 0 Å². The average Bonchev–Trinajstić information content (AvgIpc) is 2.53. The van der Waals surface area contributed by atoms with Gasteiger partial charge in [-0.3, -0.25) is 9.78 Å². The first kappa shape index (κ1) is 18.5. The van der Waals surface area contributed by atoms with Crippen molar-refractivity contribution in [1.82, 2.24) is 14.6 Å². The van der Waals surface area contributed by atoms with Gasteiger partial charge in [0.2, 0.25) is 15.9 Å². The minimum atomic E-state index is -3.73. The van der Waals surface area contributed by atoms with Crippen LogP contribution in [0.1, 0.15) is 26.7 Å². The maximum absolute atomic E-state index is 12.3. The standard InChI is InChI=1S/C14H24N4O3S/c1-4-14(5-2,11-15)17-13(19)10-18(3)22(20,21)12-7-6-8-16-9-12/h6-9H,4-5,10-11,15H2,1-3H3,(H,17,19). The summed E-state index contributed by atoms with van der Waals surface area (Å²) in [4.78, 5) is 16.0. The Balaban J connectivity index is 2.80. The summed E-state index contributed by atoms with van der Waals surface area (Å²) in [5.74, 6) is -0.371. The van der Waals surface area contributed by atoms with E-state index >= 15 is 0 Å². The first-order valence-electron chi connectivity index (χ1n) is 7.18. The number of carbonyl (C=O) groups excluding carboxylic acids is 1. The van der Waals surface area contributed by atoms with Gasteiger partial charge in [0.15, 0.2) is 0 Å². The van der Waals surface area contributed by atoms with Crippen LogP contribution in [0.15, 0.2) is 29.4 Å². The van der Waals surface area contributed by atoms with E-state index in [-0.39, 0.29) is 17.3 Å². The lowest BCUT2D eigenvalue weighted by atomic mass is 9.93. The fraction of sp³-hybridized carbons (Fsp3) is 0.571. The second-order valence-electron chi connectivity index (χ2n) is 5.19. The summed E-state index contributed by atoms with van der Waals surface area (Å²) in [5, 5.41) is 2.85. The van der Waals surface area contributed by atoms with Gasteiger partial charge in [-0.25, -0.2) is 8.42 Å². The van der Waals surface area contributed by atoms with Gasteiger partial charge in [0.1, 0.15) is 4.90 Å². The van der Waals surface area contributed by atoms with Crippen molar-refractivity contribution in [3.63, 3.8) is 0 Å².